The van der Waals surface area contributed by atoms with Gasteiger partial charge in [0, 0.05) is 18.0 Å². The molecule has 0 saturated heterocycles. The van der Waals surface area contributed by atoms with E-state index in [1.54, 1.807) is 42.6 Å². The number of aliphatic hydroxyl groups excluding tert-OH is 1. The molecule has 0 fully saturated rings. The Kier molecular flexibility index (Phi) is 3.08. The Bertz CT molecular complexity index is 468. The molecule has 1 N–H and O–H groups in total. The Hall–Kier alpha value is -2.00. The van der Waals surface area contributed by atoms with E-state index in [-0.39, 0.29) is 5.78 Å². The monoisotopic (exact) mass is 213 g/mol. The molecule has 2 aromatic rings. The van der Waals surface area contributed by atoms with Crippen LogP contribution in [0, 0.1) is 0 Å². The minimum atomic E-state index is -1.12. The first-order valence-electron chi connectivity index (χ1n) is 4.96. The normalized spacial score (nSPS) is 12.1. The van der Waals surface area contributed by atoms with Crippen molar-refractivity contribution in [3.8, 4) is 0 Å². The van der Waals surface area contributed by atoms with Gasteiger partial charge in [-0.2, -0.15) is 0 Å². The fraction of sp³-hybridized carbons (Fsp3) is 0.0769. The summed E-state index contributed by atoms with van der Waals surface area (Å²) in [4.78, 5) is 15.7. The van der Waals surface area contributed by atoms with Gasteiger partial charge in [-0.25, -0.2) is 0 Å². The predicted octanol–water partition coefficient (Wildman–Crippen LogP) is 2.00. The lowest BCUT2D eigenvalue weighted by Crippen LogP contribution is -2.12. The molecule has 0 radical (unpaired) electrons. The van der Waals surface area contributed by atoms with Gasteiger partial charge < -0.3 is 5.11 Å². The molecule has 1 aromatic heterocycles. The Morgan fingerprint density at radius 3 is 2.50 bits per heavy atom. The molecule has 16 heavy (non-hydrogen) atoms. The van der Waals surface area contributed by atoms with Crippen molar-refractivity contribution in [3.05, 3.63) is 66.0 Å². The number of carbonyl (C=O) groups excluding carboxylic acids is 1. The van der Waals surface area contributed by atoms with Crippen LogP contribution >= 0.6 is 0 Å². The Morgan fingerprint density at radius 1 is 1.12 bits per heavy atom. The van der Waals surface area contributed by atoms with Gasteiger partial charge >= 0.3 is 0 Å². The predicted molar refractivity (Wildman–Crippen MR) is 60.0 cm³/mol. The number of benzene rings is 1. The summed E-state index contributed by atoms with van der Waals surface area (Å²) in [6, 6.07) is 12.2. The molecule has 0 saturated carbocycles. The number of carbonyl (C=O) groups is 1. The summed E-state index contributed by atoms with van der Waals surface area (Å²) < 4.78 is 0. The van der Waals surface area contributed by atoms with Crippen molar-refractivity contribution in [3.63, 3.8) is 0 Å². The summed E-state index contributed by atoms with van der Waals surface area (Å²) in [5, 5.41) is 9.87. The fourth-order valence-electron chi connectivity index (χ4n) is 1.45. The topological polar surface area (TPSA) is 50.2 Å². The minimum Gasteiger partial charge on any atom is -0.380 e. The van der Waals surface area contributed by atoms with E-state index in [0.29, 0.717) is 11.1 Å². The molecule has 0 spiro atoms. The zero-order chi connectivity index (χ0) is 11.4. The van der Waals surface area contributed by atoms with Gasteiger partial charge in [0.1, 0.15) is 6.10 Å². The van der Waals surface area contributed by atoms with Crippen molar-refractivity contribution in [2.45, 2.75) is 6.10 Å². The molecule has 0 aliphatic rings. The Labute approximate surface area is 93.4 Å². The Balaban J connectivity index is 2.24. The summed E-state index contributed by atoms with van der Waals surface area (Å²) in [6.07, 6.45) is 1.92. The van der Waals surface area contributed by atoms with Gasteiger partial charge in [0.25, 0.3) is 0 Å². The molecule has 0 aliphatic carbocycles. The first-order valence-corrected chi connectivity index (χ1v) is 4.96. The summed E-state index contributed by atoms with van der Waals surface area (Å²) in [6.45, 7) is 0. The van der Waals surface area contributed by atoms with Crippen molar-refractivity contribution in [2.24, 2.45) is 0 Å². The van der Waals surface area contributed by atoms with Crippen molar-refractivity contribution in [1.82, 2.24) is 4.98 Å². The van der Waals surface area contributed by atoms with Crippen molar-refractivity contribution < 1.29 is 9.90 Å². The average molecular weight is 213 g/mol. The van der Waals surface area contributed by atoms with Gasteiger partial charge in [0.05, 0.1) is 0 Å². The Morgan fingerprint density at radius 2 is 1.88 bits per heavy atom. The molecule has 3 nitrogen and oxygen atoms in total. The maximum Gasteiger partial charge on any atom is 0.197 e. The van der Waals surface area contributed by atoms with E-state index in [4.69, 9.17) is 0 Å². The van der Waals surface area contributed by atoms with Crippen LogP contribution in [-0.4, -0.2) is 15.9 Å². The molecular formula is C13H11NO2. The first-order chi connectivity index (χ1) is 7.79. The third-order valence-electron chi connectivity index (χ3n) is 2.31. The van der Waals surface area contributed by atoms with Crippen LogP contribution in [-0.2, 0) is 0 Å². The molecule has 1 aromatic carbocycles. The highest BCUT2D eigenvalue weighted by molar-refractivity contribution is 5.99. The van der Waals surface area contributed by atoms with Crippen LogP contribution in [0.5, 0.6) is 0 Å². The van der Waals surface area contributed by atoms with Crippen LogP contribution in [0.2, 0.25) is 0 Å². The number of hydrogen-bond donors (Lipinski definition) is 1. The molecular weight excluding hydrogens is 202 g/mol. The van der Waals surface area contributed by atoms with E-state index in [9.17, 15) is 9.90 Å². The highest BCUT2D eigenvalue weighted by Gasteiger charge is 2.18. The quantitative estimate of drug-likeness (QED) is 0.793. The van der Waals surface area contributed by atoms with Crippen LogP contribution in [0.15, 0.2) is 54.9 Å². The first kappa shape index (κ1) is 10.5. The number of nitrogens with zero attached hydrogens (tertiary/aromatic N) is 1. The van der Waals surface area contributed by atoms with Crippen LogP contribution in [0.1, 0.15) is 22.0 Å². The number of aromatic nitrogens is 1. The second-order valence-electron chi connectivity index (χ2n) is 3.42. The summed E-state index contributed by atoms with van der Waals surface area (Å²) in [5.41, 5.74) is 1.01. The van der Waals surface area contributed by atoms with E-state index in [1.165, 1.54) is 6.20 Å². The molecule has 80 valence electrons. The summed E-state index contributed by atoms with van der Waals surface area (Å²) in [7, 11) is 0. The lowest BCUT2D eigenvalue weighted by Gasteiger charge is -2.09. The van der Waals surface area contributed by atoms with Crippen LogP contribution in [0.25, 0.3) is 0 Å². The largest absolute Gasteiger partial charge is 0.380 e. The van der Waals surface area contributed by atoms with Crippen molar-refractivity contribution in [2.75, 3.05) is 0 Å². The molecule has 2 rings (SSSR count). The summed E-state index contributed by atoms with van der Waals surface area (Å²) in [5.74, 6) is -0.334. The molecule has 0 aliphatic heterocycles. The number of aliphatic hydroxyl groups is 1. The van der Waals surface area contributed by atoms with Crippen molar-refractivity contribution in [1.29, 1.82) is 0 Å². The number of pyridine rings is 1. The minimum absolute atomic E-state index is 0.334. The number of hydrogen-bond acceptors (Lipinski definition) is 3. The third kappa shape index (κ3) is 2.15. The zero-order valence-corrected chi connectivity index (χ0v) is 8.58. The highest BCUT2D eigenvalue weighted by atomic mass is 16.3. The second-order valence-corrected chi connectivity index (χ2v) is 3.42. The van der Waals surface area contributed by atoms with Gasteiger partial charge in [-0.15, -0.1) is 0 Å². The molecule has 0 bridgehead atoms. The van der Waals surface area contributed by atoms with Gasteiger partial charge in [-0.1, -0.05) is 30.3 Å². The number of rotatable bonds is 3. The molecule has 1 unspecified atom stereocenters. The zero-order valence-electron chi connectivity index (χ0n) is 8.58. The van der Waals surface area contributed by atoms with Gasteiger partial charge in [0.2, 0.25) is 0 Å². The number of Topliss-reactive ketones (excluding diaryl/α,β-unsaturated/α-hetero) is 1. The average Bonchev–Trinajstić information content (AvgIpc) is 2.39. The van der Waals surface area contributed by atoms with Crippen LogP contribution < -0.4 is 0 Å². The maximum atomic E-state index is 11.9. The van der Waals surface area contributed by atoms with Gasteiger partial charge in [-0.3, -0.25) is 9.78 Å². The number of ketones is 1. The van der Waals surface area contributed by atoms with Crippen LogP contribution in [0.3, 0.4) is 0 Å². The van der Waals surface area contributed by atoms with Crippen molar-refractivity contribution >= 4 is 5.78 Å². The lowest BCUT2D eigenvalue weighted by atomic mass is 10.0. The maximum absolute atomic E-state index is 11.9. The van der Waals surface area contributed by atoms with E-state index in [2.05, 4.69) is 4.98 Å². The summed E-state index contributed by atoms with van der Waals surface area (Å²) >= 11 is 0. The second kappa shape index (κ2) is 4.68. The van der Waals surface area contributed by atoms with E-state index in [0.717, 1.165) is 0 Å². The third-order valence-corrected chi connectivity index (χ3v) is 2.31. The lowest BCUT2D eigenvalue weighted by molar-refractivity contribution is 0.0747. The smallest absolute Gasteiger partial charge is 0.197 e. The van der Waals surface area contributed by atoms with Gasteiger partial charge in [0.15, 0.2) is 5.78 Å². The van der Waals surface area contributed by atoms with E-state index in [1.807, 2.05) is 6.07 Å². The van der Waals surface area contributed by atoms with Crippen LogP contribution in [0.4, 0.5) is 0 Å². The molecule has 1 heterocycles. The molecule has 0 amide bonds. The SMILES string of the molecule is O=C(c1cccnc1)C(O)c1ccccc1. The fourth-order valence-corrected chi connectivity index (χ4v) is 1.45. The standard InChI is InChI=1S/C13H11NO2/c15-12(10-5-2-1-3-6-10)13(16)11-7-4-8-14-9-11/h1-9,12,15H. The van der Waals surface area contributed by atoms with E-state index >= 15 is 0 Å². The van der Waals surface area contributed by atoms with Gasteiger partial charge in [-0.05, 0) is 17.7 Å². The van der Waals surface area contributed by atoms with E-state index < -0.39 is 6.10 Å². The highest BCUT2D eigenvalue weighted by Crippen LogP contribution is 2.17. The molecule has 1 atom stereocenters. The molecule has 3 heteroatoms.